The Bertz CT molecular complexity index is 1780. The van der Waals surface area contributed by atoms with Crippen molar-refractivity contribution in [1.82, 2.24) is 5.32 Å². The smallest absolute Gasteiger partial charge is 0.220 e. The molecule has 19 nitrogen and oxygen atoms in total. The maximum atomic E-state index is 13.3. The fourth-order valence-electron chi connectivity index (χ4n) is 10.9. The molecule has 19 heteroatoms. The summed E-state index contributed by atoms with van der Waals surface area (Å²) in [6.45, 7) is 1.62. The molecule has 17 unspecified atom stereocenters. The van der Waals surface area contributed by atoms with Gasteiger partial charge in [0.05, 0.1) is 38.6 Å². The minimum atomic E-state index is -1.98. The van der Waals surface area contributed by atoms with Gasteiger partial charge in [-0.05, 0) is 70.6 Å². The fourth-order valence-corrected chi connectivity index (χ4v) is 10.9. The van der Waals surface area contributed by atoms with Gasteiger partial charge >= 0.3 is 0 Å². The van der Waals surface area contributed by atoms with Gasteiger partial charge in [-0.15, -0.1) is 0 Å². The summed E-state index contributed by atoms with van der Waals surface area (Å²) in [5.74, 6) is -0.289. The van der Waals surface area contributed by atoms with Crippen molar-refractivity contribution in [2.24, 2.45) is 0 Å². The van der Waals surface area contributed by atoms with Gasteiger partial charge in [0.25, 0.3) is 0 Å². The van der Waals surface area contributed by atoms with Crippen molar-refractivity contribution in [2.75, 3.05) is 26.4 Å². The van der Waals surface area contributed by atoms with E-state index in [1.165, 1.54) is 128 Å². The normalized spacial score (nSPS) is 29.4. The molecular weight excluding hydrogens is 1090 g/mol. The number of nitrogens with one attached hydrogen (secondary N) is 1. The lowest BCUT2D eigenvalue weighted by molar-refractivity contribution is -0.379. The molecule has 0 aliphatic carbocycles. The van der Waals surface area contributed by atoms with Crippen LogP contribution in [0.4, 0.5) is 0 Å². The van der Waals surface area contributed by atoms with Crippen molar-refractivity contribution < 1.29 is 89.4 Å². The maximum absolute atomic E-state index is 13.3. The van der Waals surface area contributed by atoms with E-state index in [1.54, 1.807) is 6.08 Å². The lowest BCUT2D eigenvalue weighted by Crippen LogP contribution is -2.66. The SMILES string of the molecule is CCCCC/C=C/CC/C=C/C(O)C(COC1OC(CO)C(OC2OC(CO)C(OC3OC(CO)C(O)C(O)C3O)C(O)C2O)C(O)C1O)NC(=O)CCCCCCCCCCCCCCCCCC/C=C\C/C=C\C/C=C\CCCCCCC. The second-order valence-electron chi connectivity index (χ2n) is 23.6. The summed E-state index contributed by atoms with van der Waals surface area (Å²) < 4.78 is 34.2. The predicted octanol–water partition coefficient (Wildman–Crippen LogP) is 7.60. The van der Waals surface area contributed by atoms with Gasteiger partial charge in [-0.3, -0.25) is 4.79 Å². The van der Waals surface area contributed by atoms with Gasteiger partial charge in [-0.2, -0.15) is 0 Å². The van der Waals surface area contributed by atoms with Crippen LogP contribution in [-0.4, -0.2) is 193 Å². The zero-order valence-electron chi connectivity index (χ0n) is 51.8. The Kier molecular flexibility index (Phi) is 43.7. The number of aliphatic hydroxyl groups excluding tert-OH is 11. The van der Waals surface area contributed by atoms with Crippen LogP contribution in [0.3, 0.4) is 0 Å². The predicted molar refractivity (Wildman–Crippen MR) is 328 cm³/mol. The van der Waals surface area contributed by atoms with Crippen LogP contribution in [0.2, 0.25) is 0 Å². The van der Waals surface area contributed by atoms with E-state index in [0.29, 0.717) is 12.8 Å². The minimum Gasteiger partial charge on any atom is -0.394 e. The number of hydrogen-bond donors (Lipinski definition) is 12. The van der Waals surface area contributed by atoms with Gasteiger partial charge in [-0.25, -0.2) is 0 Å². The molecule has 3 saturated heterocycles. The Hall–Kier alpha value is -2.51. The second kappa shape index (κ2) is 48.4. The van der Waals surface area contributed by atoms with Gasteiger partial charge in [0.2, 0.25) is 5.91 Å². The summed E-state index contributed by atoms with van der Waals surface area (Å²) >= 11 is 0. The van der Waals surface area contributed by atoms with E-state index in [4.69, 9.17) is 28.4 Å². The Morgan fingerprint density at radius 3 is 1.28 bits per heavy atom. The third kappa shape index (κ3) is 31.2. The molecule has 0 radical (unpaired) electrons. The third-order valence-corrected chi connectivity index (χ3v) is 16.3. The number of allylic oxidation sites excluding steroid dienone is 9. The lowest BCUT2D eigenvalue weighted by atomic mass is 9.96. The highest BCUT2D eigenvalue weighted by Crippen LogP contribution is 2.33. The van der Waals surface area contributed by atoms with Crippen molar-refractivity contribution in [3.8, 4) is 0 Å². The standard InChI is InChI=1S/C66H117NO18/c1-3-5-7-9-11-13-14-15-16-17-18-19-20-21-22-23-24-25-26-27-28-29-30-31-32-33-34-36-38-40-42-44-54(72)67-49(50(71)43-41-39-37-35-12-10-8-6-4-2)48-80-64-60(78)57(75)62(52(46-69)82-64)85-66-61(79)58(76)63(53(47-70)83-66)84-65-59(77)56(74)55(73)51(45-68)81-65/h12,14-15,17-18,20-21,35,41,43,49-53,55-66,68-71,73-79H,3-11,13,16,19,22-34,36-40,42,44-48H2,1-2H3,(H,67,72)/b15-14-,18-17-,21-20-,35-12+,43-41+. The molecule has 0 spiro atoms. The van der Waals surface area contributed by atoms with Gasteiger partial charge in [0, 0.05) is 6.42 Å². The summed E-state index contributed by atoms with van der Waals surface area (Å²) in [5.41, 5.74) is 0. The second-order valence-corrected chi connectivity index (χ2v) is 23.6. The van der Waals surface area contributed by atoms with Crippen LogP contribution in [0.1, 0.15) is 219 Å². The molecular formula is C66H117NO18. The number of ether oxygens (including phenoxy) is 6. The van der Waals surface area contributed by atoms with Crippen molar-refractivity contribution >= 4 is 5.91 Å². The van der Waals surface area contributed by atoms with E-state index >= 15 is 0 Å². The molecule has 3 fully saturated rings. The minimum absolute atomic E-state index is 0.234. The first kappa shape index (κ1) is 76.7. The first-order valence-corrected chi connectivity index (χ1v) is 33.0. The summed E-state index contributed by atoms with van der Waals surface area (Å²) in [6, 6.07) is -0.989. The summed E-state index contributed by atoms with van der Waals surface area (Å²) in [4.78, 5) is 13.3. The van der Waals surface area contributed by atoms with Crippen LogP contribution >= 0.6 is 0 Å². The van der Waals surface area contributed by atoms with Gasteiger partial charge in [0.1, 0.15) is 73.2 Å². The molecule has 0 aromatic carbocycles. The summed E-state index contributed by atoms with van der Waals surface area (Å²) in [7, 11) is 0. The number of amides is 1. The molecule has 12 N–H and O–H groups in total. The average molecular weight is 1210 g/mol. The van der Waals surface area contributed by atoms with Crippen molar-refractivity contribution in [2.45, 2.75) is 324 Å². The molecule has 3 aliphatic heterocycles. The van der Waals surface area contributed by atoms with Gasteiger partial charge in [-0.1, -0.05) is 203 Å². The number of unbranched alkanes of at least 4 members (excludes halogenated alkanes) is 25. The Labute approximate surface area is 509 Å². The van der Waals surface area contributed by atoms with Gasteiger partial charge in [0.15, 0.2) is 18.9 Å². The van der Waals surface area contributed by atoms with E-state index in [2.05, 4.69) is 67.8 Å². The van der Waals surface area contributed by atoms with E-state index < -0.39 is 124 Å². The summed E-state index contributed by atoms with van der Waals surface area (Å²) in [6.07, 6.45) is 31.0. The molecule has 3 heterocycles. The highest BCUT2D eigenvalue weighted by atomic mass is 16.8. The largest absolute Gasteiger partial charge is 0.394 e. The first-order valence-electron chi connectivity index (χ1n) is 33.0. The quantitative estimate of drug-likeness (QED) is 0.0206. The maximum Gasteiger partial charge on any atom is 0.220 e. The first-order chi connectivity index (χ1) is 41.3. The molecule has 0 aromatic rings. The van der Waals surface area contributed by atoms with Crippen LogP contribution < -0.4 is 5.32 Å². The van der Waals surface area contributed by atoms with E-state index in [0.717, 1.165) is 57.8 Å². The van der Waals surface area contributed by atoms with Crippen LogP contribution in [0.15, 0.2) is 60.8 Å². The molecule has 85 heavy (non-hydrogen) atoms. The van der Waals surface area contributed by atoms with E-state index in [9.17, 15) is 61.0 Å². The van der Waals surface area contributed by atoms with Crippen LogP contribution in [0, 0.1) is 0 Å². The Morgan fingerprint density at radius 1 is 0.424 bits per heavy atom. The Morgan fingerprint density at radius 2 is 0.788 bits per heavy atom. The van der Waals surface area contributed by atoms with Crippen LogP contribution in [-0.2, 0) is 33.2 Å². The molecule has 3 aliphatic rings. The van der Waals surface area contributed by atoms with Crippen LogP contribution in [0.5, 0.6) is 0 Å². The summed E-state index contributed by atoms with van der Waals surface area (Å²) in [5, 5.41) is 120. The zero-order valence-corrected chi connectivity index (χ0v) is 51.8. The zero-order chi connectivity index (χ0) is 61.9. The number of carbonyl (C=O) groups excluding carboxylic acids is 1. The average Bonchev–Trinajstić information content (AvgIpc) is 3.55. The van der Waals surface area contributed by atoms with E-state index in [1.807, 2.05) is 6.08 Å². The van der Waals surface area contributed by atoms with Crippen molar-refractivity contribution in [3.63, 3.8) is 0 Å². The highest BCUT2D eigenvalue weighted by molar-refractivity contribution is 5.76. The molecule has 0 saturated carbocycles. The number of carbonyl (C=O) groups is 1. The topological polar surface area (TPSA) is 307 Å². The number of rotatable bonds is 49. The van der Waals surface area contributed by atoms with E-state index in [-0.39, 0.29) is 18.9 Å². The number of hydrogen-bond acceptors (Lipinski definition) is 18. The van der Waals surface area contributed by atoms with Gasteiger partial charge < -0.3 is 89.9 Å². The molecule has 0 aromatic heterocycles. The fraction of sp³-hybridized carbons (Fsp3) is 0.833. The van der Waals surface area contributed by atoms with Crippen LogP contribution in [0.25, 0.3) is 0 Å². The molecule has 1 amide bonds. The monoisotopic (exact) mass is 1210 g/mol. The van der Waals surface area contributed by atoms with Crippen molar-refractivity contribution in [1.29, 1.82) is 0 Å². The Balaban J connectivity index is 1.35. The third-order valence-electron chi connectivity index (χ3n) is 16.3. The highest BCUT2D eigenvalue weighted by Gasteiger charge is 2.53. The molecule has 17 atom stereocenters. The molecule has 0 bridgehead atoms. The lowest BCUT2D eigenvalue weighted by Gasteiger charge is -2.48. The van der Waals surface area contributed by atoms with Crippen molar-refractivity contribution in [3.05, 3.63) is 60.8 Å². The molecule has 3 rings (SSSR count). The molecule has 494 valence electrons. The number of aliphatic hydroxyl groups is 11.